The number of ether oxygens (including phenoxy) is 1. The lowest BCUT2D eigenvalue weighted by Gasteiger charge is -2.04. The Morgan fingerprint density at radius 3 is 2.67 bits per heavy atom. The Morgan fingerprint density at radius 2 is 2.11 bits per heavy atom. The number of nitrogens with two attached hydrogens (primary N) is 1. The predicted octanol–water partition coefficient (Wildman–Crippen LogP) is 1.95. The number of aromatic nitrogens is 2. The average Bonchev–Trinajstić information content (AvgIpc) is 2.64. The standard InChI is InChI=1S/C10H8F3N3O2/c1-18-9(17)7-6(14)4-2-3-5(10(11,12)13)15-8(4)16-7/h2-3H,14H2,1H3,(H,15,16). The molecule has 5 nitrogen and oxygen atoms in total. The second kappa shape index (κ2) is 3.90. The number of H-pyrrole nitrogens is 1. The summed E-state index contributed by atoms with van der Waals surface area (Å²) in [6.45, 7) is 0. The number of anilines is 1. The van der Waals surface area contributed by atoms with Crippen molar-refractivity contribution in [3.8, 4) is 0 Å². The highest BCUT2D eigenvalue weighted by Gasteiger charge is 2.33. The number of carbonyl (C=O) groups is 1. The van der Waals surface area contributed by atoms with Gasteiger partial charge >= 0.3 is 12.1 Å². The van der Waals surface area contributed by atoms with Crippen molar-refractivity contribution in [1.29, 1.82) is 0 Å². The fraction of sp³-hybridized carbons (Fsp3) is 0.200. The van der Waals surface area contributed by atoms with Gasteiger partial charge in [0.25, 0.3) is 0 Å². The maximum absolute atomic E-state index is 12.4. The largest absolute Gasteiger partial charge is 0.464 e. The summed E-state index contributed by atoms with van der Waals surface area (Å²) in [7, 11) is 1.14. The first kappa shape index (κ1) is 12.2. The number of hydrogen-bond donors (Lipinski definition) is 2. The average molecular weight is 259 g/mol. The molecule has 0 radical (unpaired) electrons. The van der Waals surface area contributed by atoms with E-state index in [0.29, 0.717) is 0 Å². The number of halogens is 3. The van der Waals surface area contributed by atoms with Crippen LogP contribution in [0.1, 0.15) is 16.2 Å². The van der Waals surface area contributed by atoms with Gasteiger partial charge in [-0.2, -0.15) is 13.2 Å². The summed E-state index contributed by atoms with van der Waals surface area (Å²) in [6, 6.07) is 1.96. The highest BCUT2D eigenvalue weighted by Crippen LogP contribution is 2.31. The van der Waals surface area contributed by atoms with Gasteiger partial charge in [-0.25, -0.2) is 9.78 Å². The molecule has 0 spiro atoms. The summed E-state index contributed by atoms with van der Waals surface area (Å²) in [5, 5.41) is 0.239. The van der Waals surface area contributed by atoms with Crippen LogP contribution >= 0.6 is 0 Å². The molecule has 96 valence electrons. The van der Waals surface area contributed by atoms with Crippen LogP contribution in [0.5, 0.6) is 0 Å². The molecule has 18 heavy (non-hydrogen) atoms. The van der Waals surface area contributed by atoms with Gasteiger partial charge in [0, 0.05) is 5.39 Å². The number of fused-ring (bicyclic) bond motifs is 1. The number of hydrogen-bond acceptors (Lipinski definition) is 4. The van der Waals surface area contributed by atoms with Crippen molar-refractivity contribution >= 4 is 22.7 Å². The zero-order valence-corrected chi connectivity index (χ0v) is 9.13. The van der Waals surface area contributed by atoms with E-state index in [0.717, 1.165) is 19.2 Å². The molecule has 2 aromatic heterocycles. The molecule has 0 aliphatic carbocycles. The van der Waals surface area contributed by atoms with Crippen LogP contribution in [0.3, 0.4) is 0 Å². The van der Waals surface area contributed by atoms with E-state index in [1.54, 1.807) is 0 Å². The molecule has 2 aromatic rings. The number of aromatic amines is 1. The number of pyridine rings is 1. The predicted molar refractivity (Wildman–Crippen MR) is 56.8 cm³/mol. The summed E-state index contributed by atoms with van der Waals surface area (Å²) < 4.78 is 41.8. The summed E-state index contributed by atoms with van der Waals surface area (Å²) in [6.07, 6.45) is -4.56. The van der Waals surface area contributed by atoms with E-state index in [4.69, 9.17) is 5.73 Å². The highest BCUT2D eigenvalue weighted by molar-refractivity contribution is 6.04. The first-order chi connectivity index (χ1) is 8.34. The monoisotopic (exact) mass is 259 g/mol. The Hall–Kier alpha value is -2.25. The van der Waals surface area contributed by atoms with Crippen LogP contribution in [0.25, 0.3) is 11.0 Å². The molecule has 0 atom stereocenters. The van der Waals surface area contributed by atoms with E-state index in [1.807, 2.05) is 0 Å². The van der Waals surface area contributed by atoms with E-state index in [2.05, 4.69) is 14.7 Å². The summed E-state index contributed by atoms with van der Waals surface area (Å²) in [5.41, 5.74) is 4.35. The maximum atomic E-state index is 12.4. The Labute approximate surface area is 98.7 Å². The number of carbonyl (C=O) groups excluding carboxylic acids is 1. The molecule has 0 bridgehead atoms. The van der Waals surface area contributed by atoms with E-state index < -0.39 is 17.8 Å². The topological polar surface area (TPSA) is 81.0 Å². The van der Waals surface area contributed by atoms with Gasteiger partial charge in [-0.1, -0.05) is 0 Å². The van der Waals surface area contributed by atoms with Crippen LogP contribution in [0.2, 0.25) is 0 Å². The zero-order chi connectivity index (χ0) is 13.5. The first-order valence-corrected chi connectivity index (χ1v) is 4.78. The van der Waals surface area contributed by atoms with Gasteiger partial charge < -0.3 is 15.5 Å². The SMILES string of the molecule is COC(=O)c1[nH]c2nc(C(F)(F)F)ccc2c1N. The third-order valence-corrected chi connectivity index (χ3v) is 2.38. The van der Waals surface area contributed by atoms with Crippen molar-refractivity contribution in [3.05, 3.63) is 23.5 Å². The van der Waals surface area contributed by atoms with Crippen LogP contribution in [-0.2, 0) is 10.9 Å². The van der Waals surface area contributed by atoms with Crippen molar-refractivity contribution in [2.45, 2.75) is 6.18 Å². The number of rotatable bonds is 1. The van der Waals surface area contributed by atoms with Gasteiger partial charge in [0.15, 0.2) is 5.69 Å². The number of nitrogens with zero attached hydrogens (tertiary/aromatic N) is 1. The molecular weight excluding hydrogens is 251 g/mol. The third kappa shape index (κ3) is 1.85. The number of nitrogen functional groups attached to an aromatic ring is 1. The second-order valence-corrected chi connectivity index (χ2v) is 3.50. The first-order valence-electron chi connectivity index (χ1n) is 4.78. The van der Waals surface area contributed by atoms with Crippen molar-refractivity contribution in [1.82, 2.24) is 9.97 Å². The molecular formula is C10H8F3N3O2. The summed E-state index contributed by atoms with van der Waals surface area (Å²) in [4.78, 5) is 17.1. The van der Waals surface area contributed by atoms with E-state index in [9.17, 15) is 18.0 Å². The summed E-state index contributed by atoms with van der Waals surface area (Å²) in [5.74, 6) is -0.765. The molecule has 2 rings (SSSR count). The van der Waals surface area contributed by atoms with E-state index >= 15 is 0 Å². The molecule has 0 amide bonds. The molecule has 0 aromatic carbocycles. The van der Waals surface area contributed by atoms with Crippen molar-refractivity contribution in [2.24, 2.45) is 0 Å². The number of nitrogens with one attached hydrogen (secondary N) is 1. The van der Waals surface area contributed by atoms with Gasteiger partial charge in [0.2, 0.25) is 0 Å². The molecule has 0 aliphatic rings. The van der Waals surface area contributed by atoms with Crippen LogP contribution < -0.4 is 5.73 Å². The van der Waals surface area contributed by atoms with Crippen molar-refractivity contribution in [3.63, 3.8) is 0 Å². The Morgan fingerprint density at radius 1 is 1.44 bits per heavy atom. The van der Waals surface area contributed by atoms with Gasteiger partial charge in [-0.3, -0.25) is 0 Å². The van der Waals surface area contributed by atoms with E-state index in [-0.39, 0.29) is 22.4 Å². The minimum Gasteiger partial charge on any atom is -0.464 e. The fourth-order valence-electron chi connectivity index (χ4n) is 1.51. The van der Waals surface area contributed by atoms with Crippen LogP contribution in [0.15, 0.2) is 12.1 Å². The minimum absolute atomic E-state index is 0.0121. The molecule has 0 unspecified atom stereocenters. The quantitative estimate of drug-likeness (QED) is 0.767. The Bertz CT molecular complexity index is 619. The van der Waals surface area contributed by atoms with Crippen LogP contribution in [0, 0.1) is 0 Å². The molecule has 3 N–H and O–H groups in total. The molecule has 0 fully saturated rings. The van der Waals surface area contributed by atoms with Crippen LogP contribution in [0.4, 0.5) is 18.9 Å². The number of methoxy groups -OCH3 is 1. The van der Waals surface area contributed by atoms with Gasteiger partial charge in [-0.05, 0) is 12.1 Å². The summed E-state index contributed by atoms with van der Waals surface area (Å²) >= 11 is 0. The molecule has 8 heteroatoms. The number of esters is 1. The molecule has 0 aliphatic heterocycles. The van der Waals surface area contributed by atoms with Gasteiger partial charge in [0.1, 0.15) is 11.3 Å². The Balaban J connectivity index is 2.62. The van der Waals surface area contributed by atoms with Crippen molar-refractivity contribution < 1.29 is 22.7 Å². The lowest BCUT2D eigenvalue weighted by molar-refractivity contribution is -0.141. The molecule has 0 saturated carbocycles. The molecule has 2 heterocycles. The van der Waals surface area contributed by atoms with Crippen molar-refractivity contribution in [2.75, 3.05) is 12.8 Å². The highest BCUT2D eigenvalue weighted by atomic mass is 19.4. The second-order valence-electron chi connectivity index (χ2n) is 3.50. The lowest BCUT2D eigenvalue weighted by Crippen LogP contribution is -2.07. The number of alkyl halides is 3. The van der Waals surface area contributed by atoms with Gasteiger partial charge in [-0.15, -0.1) is 0 Å². The van der Waals surface area contributed by atoms with E-state index in [1.165, 1.54) is 0 Å². The zero-order valence-electron chi connectivity index (χ0n) is 9.13. The minimum atomic E-state index is -4.56. The molecule has 0 saturated heterocycles. The van der Waals surface area contributed by atoms with Crippen LogP contribution in [-0.4, -0.2) is 23.0 Å². The smallest absolute Gasteiger partial charge is 0.433 e. The normalized spacial score (nSPS) is 11.8. The Kier molecular flexibility index (Phi) is 2.64. The maximum Gasteiger partial charge on any atom is 0.433 e. The lowest BCUT2D eigenvalue weighted by atomic mass is 10.2. The fourth-order valence-corrected chi connectivity index (χ4v) is 1.51. The third-order valence-electron chi connectivity index (χ3n) is 2.38. The van der Waals surface area contributed by atoms with Gasteiger partial charge in [0.05, 0.1) is 12.8 Å².